The van der Waals surface area contributed by atoms with Crippen molar-refractivity contribution in [2.45, 2.75) is 18.8 Å². The SMILES string of the molecule is O=C(CSCc1ccc(Cl)s1)N1Cc2cn[nH]c2C1. The number of halogens is 1. The normalized spacial score (nSPS) is 13.8. The van der Waals surface area contributed by atoms with Crippen LogP contribution < -0.4 is 0 Å². The number of H-pyrrole nitrogens is 1. The summed E-state index contributed by atoms with van der Waals surface area (Å²) < 4.78 is 0.799. The Hall–Kier alpha value is -0.980. The molecule has 0 radical (unpaired) electrons. The monoisotopic (exact) mass is 313 g/mol. The quantitative estimate of drug-likeness (QED) is 0.944. The molecule has 0 saturated carbocycles. The lowest BCUT2D eigenvalue weighted by molar-refractivity contribution is -0.128. The second-order valence-electron chi connectivity index (χ2n) is 4.32. The van der Waals surface area contributed by atoms with Gasteiger partial charge >= 0.3 is 0 Å². The number of hydrogen-bond donors (Lipinski definition) is 1. The third kappa shape index (κ3) is 2.96. The van der Waals surface area contributed by atoms with Crippen LogP contribution in [0.25, 0.3) is 0 Å². The zero-order chi connectivity index (χ0) is 13.2. The molecule has 0 aromatic carbocycles. The molecule has 1 aliphatic rings. The summed E-state index contributed by atoms with van der Waals surface area (Å²) in [5.74, 6) is 1.52. The highest BCUT2D eigenvalue weighted by molar-refractivity contribution is 7.99. The van der Waals surface area contributed by atoms with Gasteiger partial charge in [0, 0.05) is 22.7 Å². The largest absolute Gasteiger partial charge is 0.332 e. The summed E-state index contributed by atoms with van der Waals surface area (Å²) in [4.78, 5) is 15.1. The molecular formula is C12H12ClN3OS2. The predicted molar refractivity (Wildman–Crippen MR) is 78.3 cm³/mol. The van der Waals surface area contributed by atoms with E-state index in [4.69, 9.17) is 11.6 Å². The van der Waals surface area contributed by atoms with E-state index in [9.17, 15) is 4.79 Å². The number of amides is 1. The van der Waals surface area contributed by atoms with Gasteiger partial charge in [0.15, 0.2) is 0 Å². The Labute approximate surface area is 124 Å². The number of thioether (sulfide) groups is 1. The van der Waals surface area contributed by atoms with Crippen molar-refractivity contribution in [3.8, 4) is 0 Å². The summed E-state index contributed by atoms with van der Waals surface area (Å²) in [7, 11) is 0. The molecule has 1 aliphatic heterocycles. The summed E-state index contributed by atoms with van der Waals surface area (Å²) in [6.45, 7) is 1.33. The van der Waals surface area contributed by atoms with Gasteiger partial charge < -0.3 is 4.90 Å². The molecule has 0 unspecified atom stereocenters. The molecule has 0 bridgehead atoms. The summed E-state index contributed by atoms with van der Waals surface area (Å²) in [6, 6.07) is 3.90. The highest BCUT2D eigenvalue weighted by atomic mass is 35.5. The van der Waals surface area contributed by atoms with E-state index in [-0.39, 0.29) is 5.91 Å². The second-order valence-corrected chi connectivity index (χ2v) is 7.11. The van der Waals surface area contributed by atoms with Gasteiger partial charge in [-0.2, -0.15) is 5.10 Å². The number of fused-ring (bicyclic) bond motifs is 1. The first-order valence-electron chi connectivity index (χ1n) is 5.83. The van der Waals surface area contributed by atoms with Crippen molar-refractivity contribution in [1.29, 1.82) is 0 Å². The van der Waals surface area contributed by atoms with E-state index in [1.54, 1.807) is 29.3 Å². The highest BCUT2D eigenvalue weighted by Gasteiger charge is 2.24. The smallest absolute Gasteiger partial charge is 0.233 e. The van der Waals surface area contributed by atoms with E-state index < -0.39 is 0 Å². The molecule has 1 amide bonds. The topological polar surface area (TPSA) is 49.0 Å². The summed E-state index contributed by atoms with van der Waals surface area (Å²) in [5, 5.41) is 6.89. The van der Waals surface area contributed by atoms with Gasteiger partial charge in [0.25, 0.3) is 0 Å². The zero-order valence-corrected chi connectivity index (χ0v) is 12.4. The van der Waals surface area contributed by atoms with Gasteiger partial charge in [-0.25, -0.2) is 0 Å². The number of aromatic amines is 1. The van der Waals surface area contributed by atoms with Crippen molar-refractivity contribution in [3.63, 3.8) is 0 Å². The van der Waals surface area contributed by atoms with E-state index in [0.29, 0.717) is 18.8 Å². The number of nitrogens with zero attached hydrogens (tertiary/aromatic N) is 2. The first kappa shape index (κ1) is 13.0. The molecule has 4 nitrogen and oxygen atoms in total. The van der Waals surface area contributed by atoms with Gasteiger partial charge in [-0.3, -0.25) is 9.89 Å². The maximum absolute atomic E-state index is 12.1. The van der Waals surface area contributed by atoms with Crippen molar-refractivity contribution in [2.75, 3.05) is 5.75 Å². The van der Waals surface area contributed by atoms with E-state index in [1.165, 1.54) is 4.88 Å². The van der Waals surface area contributed by atoms with Crippen LogP contribution in [0, 0.1) is 0 Å². The molecule has 0 saturated heterocycles. The number of nitrogens with one attached hydrogen (secondary N) is 1. The van der Waals surface area contributed by atoms with Crippen LogP contribution in [0.1, 0.15) is 16.1 Å². The second kappa shape index (κ2) is 5.56. The lowest BCUT2D eigenvalue weighted by Gasteiger charge is -2.14. The first-order valence-corrected chi connectivity index (χ1v) is 8.18. The Morgan fingerprint density at radius 1 is 1.53 bits per heavy atom. The van der Waals surface area contributed by atoms with Crippen LogP contribution in [0.15, 0.2) is 18.3 Å². The minimum Gasteiger partial charge on any atom is -0.332 e. The third-order valence-electron chi connectivity index (χ3n) is 2.97. The average molecular weight is 314 g/mol. The van der Waals surface area contributed by atoms with Crippen LogP contribution in [0.5, 0.6) is 0 Å². The standard InChI is InChI=1S/C12H12ClN3OS2/c13-11-2-1-9(19-11)6-18-7-12(17)16-4-8-3-14-15-10(8)5-16/h1-3H,4-7H2,(H,14,15). The molecule has 2 aromatic rings. The predicted octanol–water partition coefficient (Wildman–Crippen LogP) is 2.90. The Morgan fingerprint density at radius 3 is 3.16 bits per heavy atom. The van der Waals surface area contributed by atoms with Crippen molar-refractivity contribution in [1.82, 2.24) is 15.1 Å². The number of carbonyl (C=O) groups is 1. The summed E-state index contributed by atoms with van der Waals surface area (Å²) >= 11 is 9.07. The van der Waals surface area contributed by atoms with Gasteiger partial charge in [-0.1, -0.05) is 11.6 Å². The molecule has 1 N–H and O–H groups in total. The highest BCUT2D eigenvalue weighted by Crippen LogP contribution is 2.26. The fourth-order valence-electron chi connectivity index (χ4n) is 2.00. The van der Waals surface area contributed by atoms with Crippen LogP contribution >= 0.6 is 34.7 Å². The first-order chi connectivity index (χ1) is 9.22. The van der Waals surface area contributed by atoms with Gasteiger partial charge in [-0.15, -0.1) is 23.1 Å². The van der Waals surface area contributed by atoms with Crippen LogP contribution in [0.3, 0.4) is 0 Å². The molecule has 3 rings (SSSR count). The maximum Gasteiger partial charge on any atom is 0.233 e. The van der Waals surface area contributed by atoms with Crippen molar-refractivity contribution in [3.05, 3.63) is 38.8 Å². The molecule has 0 atom stereocenters. The van der Waals surface area contributed by atoms with Crippen LogP contribution in [-0.2, 0) is 23.6 Å². The number of carbonyl (C=O) groups excluding carboxylic acids is 1. The number of rotatable bonds is 4. The van der Waals surface area contributed by atoms with E-state index in [1.807, 2.05) is 17.0 Å². The van der Waals surface area contributed by atoms with Crippen LogP contribution in [0.4, 0.5) is 0 Å². The van der Waals surface area contributed by atoms with Crippen molar-refractivity contribution >= 4 is 40.6 Å². The van der Waals surface area contributed by atoms with Gasteiger partial charge in [0.05, 0.1) is 28.5 Å². The fraction of sp³-hybridized carbons (Fsp3) is 0.333. The lowest BCUT2D eigenvalue weighted by atomic mass is 10.3. The van der Waals surface area contributed by atoms with Crippen molar-refractivity contribution in [2.24, 2.45) is 0 Å². The third-order valence-corrected chi connectivity index (χ3v) is 5.35. The minimum atomic E-state index is 0.178. The molecule has 3 heterocycles. The van der Waals surface area contributed by atoms with Crippen LogP contribution in [0.2, 0.25) is 4.34 Å². The van der Waals surface area contributed by atoms with Crippen LogP contribution in [-0.4, -0.2) is 26.8 Å². The summed E-state index contributed by atoms with van der Waals surface area (Å²) in [5.41, 5.74) is 2.19. The fourth-order valence-corrected chi connectivity index (χ4v) is 4.12. The maximum atomic E-state index is 12.1. The Bertz CT molecular complexity index is 575. The molecule has 0 aliphatic carbocycles. The Kier molecular flexibility index (Phi) is 3.81. The van der Waals surface area contributed by atoms with Gasteiger partial charge in [0.2, 0.25) is 5.91 Å². The molecular weight excluding hydrogens is 302 g/mol. The Balaban J connectivity index is 1.46. The van der Waals surface area contributed by atoms with Gasteiger partial charge in [-0.05, 0) is 12.1 Å². The number of hydrogen-bond acceptors (Lipinski definition) is 4. The number of thiophene rings is 1. The molecule has 100 valence electrons. The van der Waals surface area contributed by atoms with E-state index in [2.05, 4.69) is 10.2 Å². The molecule has 0 spiro atoms. The van der Waals surface area contributed by atoms with Gasteiger partial charge in [0.1, 0.15) is 0 Å². The Morgan fingerprint density at radius 2 is 2.42 bits per heavy atom. The molecule has 0 fully saturated rings. The van der Waals surface area contributed by atoms with Crippen molar-refractivity contribution < 1.29 is 4.79 Å². The molecule has 2 aromatic heterocycles. The zero-order valence-electron chi connectivity index (χ0n) is 10.1. The summed E-state index contributed by atoms with van der Waals surface area (Å²) in [6.07, 6.45) is 1.80. The van der Waals surface area contributed by atoms with E-state index >= 15 is 0 Å². The average Bonchev–Trinajstić information content (AvgIpc) is 3.03. The molecule has 19 heavy (non-hydrogen) atoms. The minimum absolute atomic E-state index is 0.178. The molecule has 7 heteroatoms. The van der Waals surface area contributed by atoms with E-state index in [0.717, 1.165) is 21.3 Å². The number of aromatic nitrogens is 2. The lowest BCUT2D eigenvalue weighted by Crippen LogP contribution is -2.27.